The first-order chi connectivity index (χ1) is 11.8. The average Bonchev–Trinajstić information content (AvgIpc) is 2.55. The van der Waals surface area contributed by atoms with Gasteiger partial charge in [0.05, 0.1) is 51.7 Å². The first kappa shape index (κ1) is 20.3. The number of aromatic hydroxyl groups is 1. The number of quaternary nitrogens is 2. The van der Waals surface area contributed by atoms with Crippen molar-refractivity contribution in [3.05, 3.63) is 78.2 Å². The molecule has 0 spiro atoms. The third kappa shape index (κ3) is 7.12. The molecule has 0 fully saturated rings. The van der Waals surface area contributed by atoms with Gasteiger partial charge < -0.3 is 14.9 Å². The Morgan fingerprint density at radius 3 is 1.56 bits per heavy atom. The summed E-state index contributed by atoms with van der Waals surface area (Å²) in [6.07, 6.45) is 13.2. The first-order valence-corrected chi connectivity index (χ1v) is 8.03. The molecule has 3 N–H and O–H groups in total. The number of rotatable bonds is 8. The topological polar surface area (TPSA) is 63.2 Å². The molecule has 0 atom stereocenters. The highest BCUT2D eigenvalue weighted by Crippen LogP contribution is 2.24. The molecule has 1 aromatic rings. The second kappa shape index (κ2) is 10.2. The van der Waals surface area contributed by atoms with Crippen molar-refractivity contribution in [2.24, 2.45) is 0 Å². The van der Waals surface area contributed by atoms with Crippen LogP contribution in [0.1, 0.15) is 20.7 Å². The number of nitrogens with one attached hydrogen (secondary N) is 2. The summed E-state index contributed by atoms with van der Waals surface area (Å²) in [5, 5.41) is 10.3. The van der Waals surface area contributed by atoms with Gasteiger partial charge in [-0.15, -0.1) is 0 Å². The fraction of sp³-hybridized carbons (Fsp3) is 0.200. The summed E-state index contributed by atoms with van der Waals surface area (Å²) in [7, 11) is 7.82. The van der Waals surface area contributed by atoms with Crippen LogP contribution in [0.2, 0.25) is 0 Å². The minimum atomic E-state index is -0.356. The molecule has 0 saturated heterocycles. The Balaban J connectivity index is 2.94. The molecule has 1 aromatic carbocycles. The van der Waals surface area contributed by atoms with Crippen molar-refractivity contribution in [1.82, 2.24) is 0 Å². The Kier molecular flexibility index (Phi) is 8.26. The number of carbonyl (C=O) groups is 2. The minimum Gasteiger partial charge on any atom is -0.506 e. The molecule has 0 heterocycles. The van der Waals surface area contributed by atoms with Crippen LogP contribution in [0.4, 0.5) is 0 Å². The Labute approximate surface area is 148 Å². The van der Waals surface area contributed by atoms with Crippen molar-refractivity contribution >= 4 is 11.6 Å². The normalized spacial score (nSPS) is 12.6. The summed E-state index contributed by atoms with van der Waals surface area (Å²) in [5.41, 5.74) is 0.212. The lowest BCUT2D eigenvalue weighted by atomic mass is 10.0. The summed E-state index contributed by atoms with van der Waals surface area (Å²) < 4.78 is 0. The van der Waals surface area contributed by atoms with Crippen LogP contribution in [0.5, 0.6) is 5.75 Å². The molecule has 1 rings (SSSR count). The van der Waals surface area contributed by atoms with Gasteiger partial charge in [-0.1, -0.05) is 18.2 Å². The molecular weight excluding hydrogens is 316 g/mol. The standard InChI is InChI=1S/C20H24N2O3/c1-21(2)14-7-5-12-18(23)16-10-9-11-17(20(16)25)19(24)13-6-8-15-22(3)4/h5-15,25H,1-4H3/p+2/b12-5+,13-6+,14-7+,15-8+. The molecule has 0 aliphatic heterocycles. The van der Waals surface area contributed by atoms with Crippen LogP contribution < -0.4 is 9.80 Å². The maximum atomic E-state index is 12.2. The highest BCUT2D eigenvalue weighted by molar-refractivity contribution is 6.12. The van der Waals surface area contributed by atoms with Gasteiger partial charge in [0.1, 0.15) is 5.75 Å². The fourth-order valence-electron chi connectivity index (χ4n) is 1.90. The molecule has 0 aromatic heterocycles. The number of hydrogen-bond donors (Lipinski definition) is 3. The van der Waals surface area contributed by atoms with Crippen molar-refractivity contribution in [2.45, 2.75) is 0 Å². The minimum absolute atomic E-state index is 0.106. The molecule has 0 radical (unpaired) electrons. The molecule has 0 bridgehead atoms. The van der Waals surface area contributed by atoms with E-state index in [9.17, 15) is 14.7 Å². The van der Waals surface area contributed by atoms with Gasteiger partial charge in [0.2, 0.25) is 0 Å². The first-order valence-electron chi connectivity index (χ1n) is 8.03. The van der Waals surface area contributed by atoms with Crippen LogP contribution in [-0.4, -0.2) is 44.9 Å². The largest absolute Gasteiger partial charge is 0.506 e. The molecule has 0 unspecified atom stereocenters. The molecule has 5 heteroatoms. The smallest absolute Gasteiger partial charge is 0.189 e. The zero-order valence-corrected chi connectivity index (χ0v) is 15.1. The number of carbonyl (C=O) groups excluding carboxylic acids is 2. The number of allylic oxidation sites excluding steroid dienone is 6. The van der Waals surface area contributed by atoms with Gasteiger partial charge in [0.25, 0.3) is 0 Å². The van der Waals surface area contributed by atoms with E-state index in [2.05, 4.69) is 0 Å². The summed E-state index contributed by atoms with van der Waals surface area (Å²) in [4.78, 5) is 26.6. The molecule has 0 aliphatic carbocycles. The van der Waals surface area contributed by atoms with Gasteiger partial charge in [-0.25, -0.2) is 0 Å². The third-order valence-electron chi connectivity index (χ3n) is 3.14. The Morgan fingerprint density at radius 1 is 0.800 bits per heavy atom. The van der Waals surface area contributed by atoms with Gasteiger partial charge in [0.15, 0.2) is 11.6 Å². The van der Waals surface area contributed by atoms with Gasteiger partial charge in [-0.05, 0) is 36.4 Å². The summed E-state index contributed by atoms with van der Waals surface area (Å²) in [5.74, 6) is -1.01. The Hall–Kier alpha value is -2.76. The molecular formula is C20H26N2O3+2. The number of para-hydroxylation sites is 1. The monoisotopic (exact) mass is 342 g/mol. The number of benzene rings is 1. The summed E-state index contributed by atoms with van der Waals surface area (Å²) in [6, 6.07) is 4.58. The van der Waals surface area contributed by atoms with E-state index in [4.69, 9.17) is 0 Å². The van der Waals surface area contributed by atoms with Crippen LogP contribution in [0.3, 0.4) is 0 Å². The average molecular weight is 342 g/mol. The van der Waals surface area contributed by atoms with E-state index in [1.807, 2.05) is 40.6 Å². The second-order valence-corrected chi connectivity index (χ2v) is 6.02. The van der Waals surface area contributed by atoms with Gasteiger partial charge in [0, 0.05) is 0 Å². The Morgan fingerprint density at radius 2 is 1.20 bits per heavy atom. The lowest BCUT2D eigenvalue weighted by Gasteiger charge is -2.05. The molecule has 25 heavy (non-hydrogen) atoms. The van der Waals surface area contributed by atoms with Crippen molar-refractivity contribution in [1.29, 1.82) is 0 Å². The number of hydrogen-bond acceptors (Lipinski definition) is 3. The third-order valence-corrected chi connectivity index (χ3v) is 3.14. The lowest BCUT2D eigenvalue weighted by Crippen LogP contribution is -3.00. The fourth-order valence-corrected chi connectivity index (χ4v) is 1.90. The molecule has 0 aliphatic rings. The summed E-state index contributed by atoms with van der Waals surface area (Å²) >= 11 is 0. The Bertz CT molecular complexity index is 668. The van der Waals surface area contributed by atoms with Crippen molar-refractivity contribution in [2.75, 3.05) is 28.2 Å². The molecule has 0 amide bonds. The highest BCUT2D eigenvalue weighted by atomic mass is 16.3. The van der Waals surface area contributed by atoms with Crippen molar-refractivity contribution in [3.8, 4) is 5.75 Å². The predicted molar refractivity (Wildman–Crippen MR) is 98.9 cm³/mol. The van der Waals surface area contributed by atoms with E-state index in [0.29, 0.717) is 0 Å². The van der Waals surface area contributed by atoms with E-state index < -0.39 is 0 Å². The maximum absolute atomic E-state index is 12.2. The van der Waals surface area contributed by atoms with Gasteiger partial charge in [-0.3, -0.25) is 9.59 Å². The second-order valence-electron chi connectivity index (χ2n) is 6.02. The quantitative estimate of drug-likeness (QED) is 0.359. The van der Waals surface area contributed by atoms with E-state index in [1.165, 1.54) is 24.3 Å². The van der Waals surface area contributed by atoms with Crippen LogP contribution in [0.15, 0.2) is 67.1 Å². The molecule has 5 nitrogen and oxygen atoms in total. The number of phenolic OH excluding ortho intramolecular Hbond substituents is 1. The van der Waals surface area contributed by atoms with Gasteiger partial charge >= 0.3 is 0 Å². The van der Waals surface area contributed by atoms with Crippen LogP contribution in [0, 0.1) is 0 Å². The maximum Gasteiger partial charge on any atom is 0.189 e. The SMILES string of the molecule is C[NH+](C)/C=C/C=C/C(=O)c1cccc(C(=O)/C=C/C=C/[NH+](C)C)c1O. The highest BCUT2D eigenvalue weighted by Gasteiger charge is 2.15. The lowest BCUT2D eigenvalue weighted by molar-refractivity contribution is -0.801. The van der Waals surface area contributed by atoms with Gasteiger partial charge in [-0.2, -0.15) is 0 Å². The van der Waals surface area contributed by atoms with Crippen LogP contribution >= 0.6 is 0 Å². The van der Waals surface area contributed by atoms with E-state index in [0.717, 1.165) is 9.80 Å². The van der Waals surface area contributed by atoms with Crippen molar-refractivity contribution < 1.29 is 24.5 Å². The molecule has 0 saturated carbocycles. The molecule has 132 valence electrons. The number of phenols is 1. The zero-order valence-electron chi connectivity index (χ0n) is 15.1. The number of ketones is 2. The van der Waals surface area contributed by atoms with E-state index in [1.54, 1.807) is 30.4 Å². The summed E-state index contributed by atoms with van der Waals surface area (Å²) in [6.45, 7) is 0. The predicted octanol–water partition coefficient (Wildman–Crippen LogP) is 0.186. The van der Waals surface area contributed by atoms with Crippen LogP contribution in [-0.2, 0) is 0 Å². The van der Waals surface area contributed by atoms with Crippen LogP contribution in [0.25, 0.3) is 0 Å². The van der Waals surface area contributed by atoms with Crippen molar-refractivity contribution in [3.63, 3.8) is 0 Å². The zero-order chi connectivity index (χ0) is 18.8. The van der Waals surface area contributed by atoms with E-state index >= 15 is 0 Å². The van der Waals surface area contributed by atoms with E-state index in [-0.39, 0.29) is 28.4 Å².